The van der Waals surface area contributed by atoms with Crippen LogP contribution in [0.3, 0.4) is 0 Å². The van der Waals surface area contributed by atoms with Crippen molar-refractivity contribution in [3.8, 4) is 0 Å². The highest BCUT2D eigenvalue weighted by molar-refractivity contribution is 7.89. The van der Waals surface area contributed by atoms with Gasteiger partial charge in [0.15, 0.2) is 0 Å². The van der Waals surface area contributed by atoms with E-state index in [0.717, 1.165) is 22.5 Å². The highest BCUT2D eigenvalue weighted by atomic mass is 35.5. The third-order valence-electron chi connectivity index (χ3n) is 3.78. The second-order valence-corrected chi connectivity index (χ2v) is 7.51. The number of nitrogens with zero attached hydrogens (tertiary/aromatic N) is 2. The molecule has 1 heterocycles. The van der Waals surface area contributed by atoms with E-state index in [-0.39, 0.29) is 4.90 Å². The van der Waals surface area contributed by atoms with Crippen molar-refractivity contribution in [2.75, 3.05) is 6.54 Å². The summed E-state index contributed by atoms with van der Waals surface area (Å²) in [6, 6.07) is 4.73. The fourth-order valence-electron chi connectivity index (χ4n) is 2.31. The zero-order valence-corrected chi connectivity index (χ0v) is 14.7. The smallest absolute Gasteiger partial charge is 0.240 e. The largest absolute Gasteiger partial charge is 0.272 e. The molecular formula is C15H20ClN3O2S. The molecule has 0 bridgehead atoms. The van der Waals surface area contributed by atoms with Crippen LogP contribution in [0.15, 0.2) is 23.1 Å². The van der Waals surface area contributed by atoms with Gasteiger partial charge in [0, 0.05) is 24.3 Å². The molecule has 0 atom stereocenters. The maximum absolute atomic E-state index is 12.3. The minimum absolute atomic E-state index is 0.183. The normalized spacial score (nSPS) is 11.9. The van der Waals surface area contributed by atoms with Crippen LogP contribution in [-0.4, -0.2) is 24.7 Å². The maximum atomic E-state index is 12.3. The van der Waals surface area contributed by atoms with Crippen molar-refractivity contribution in [3.63, 3.8) is 0 Å². The van der Waals surface area contributed by atoms with E-state index < -0.39 is 10.0 Å². The van der Waals surface area contributed by atoms with E-state index in [4.69, 9.17) is 11.6 Å². The molecule has 5 nitrogen and oxygen atoms in total. The van der Waals surface area contributed by atoms with E-state index in [0.29, 0.717) is 18.0 Å². The molecule has 1 aromatic heterocycles. The number of halogens is 1. The Morgan fingerprint density at radius 2 is 1.95 bits per heavy atom. The third-order valence-corrected chi connectivity index (χ3v) is 5.65. The first-order chi connectivity index (χ1) is 10.2. The Kier molecular flexibility index (Phi) is 4.94. The summed E-state index contributed by atoms with van der Waals surface area (Å²) in [7, 11) is -1.67. The summed E-state index contributed by atoms with van der Waals surface area (Å²) in [6.07, 6.45) is 0.602. The number of nitrogens with one attached hydrogen (secondary N) is 1. The summed E-state index contributed by atoms with van der Waals surface area (Å²) in [5, 5.41) is 4.77. The number of aryl methyl sites for hydroxylation is 3. The number of hydrogen-bond donors (Lipinski definition) is 1. The van der Waals surface area contributed by atoms with Gasteiger partial charge in [0.05, 0.1) is 10.6 Å². The van der Waals surface area contributed by atoms with Crippen LogP contribution in [0.2, 0.25) is 5.02 Å². The predicted octanol–water partition coefficient (Wildman–Crippen LogP) is 2.52. The number of rotatable bonds is 5. The van der Waals surface area contributed by atoms with Gasteiger partial charge in [-0.3, -0.25) is 4.68 Å². The van der Waals surface area contributed by atoms with Gasteiger partial charge >= 0.3 is 0 Å². The number of aromatic nitrogens is 2. The van der Waals surface area contributed by atoms with Gasteiger partial charge in [-0.1, -0.05) is 17.7 Å². The van der Waals surface area contributed by atoms with E-state index in [2.05, 4.69) is 9.82 Å². The average Bonchev–Trinajstić information content (AvgIpc) is 2.68. The Morgan fingerprint density at radius 3 is 2.50 bits per heavy atom. The van der Waals surface area contributed by atoms with Crippen molar-refractivity contribution in [2.45, 2.75) is 32.1 Å². The molecule has 0 aliphatic carbocycles. The van der Waals surface area contributed by atoms with Gasteiger partial charge in [-0.15, -0.1) is 0 Å². The molecule has 0 saturated carbocycles. The molecule has 2 rings (SSSR count). The predicted molar refractivity (Wildman–Crippen MR) is 87.8 cm³/mol. The van der Waals surface area contributed by atoms with Gasteiger partial charge in [-0.25, -0.2) is 13.1 Å². The minimum atomic E-state index is -3.55. The highest BCUT2D eigenvalue weighted by Crippen LogP contribution is 2.20. The zero-order chi connectivity index (χ0) is 16.5. The number of sulfonamides is 1. The Bertz CT molecular complexity index is 797. The molecular weight excluding hydrogens is 322 g/mol. The summed E-state index contributed by atoms with van der Waals surface area (Å²) in [6.45, 7) is 6.06. The summed E-state index contributed by atoms with van der Waals surface area (Å²) in [5.41, 5.74) is 3.90. The topological polar surface area (TPSA) is 64.0 Å². The monoisotopic (exact) mass is 341 g/mol. The fraction of sp³-hybridized carbons (Fsp3) is 0.400. The molecule has 0 aliphatic heterocycles. The van der Waals surface area contributed by atoms with Crippen LogP contribution < -0.4 is 4.72 Å². The van der Waals surface area contributed by atoms with Crippen molar-refractivity contribution >= 4 is 21.6 Å². The molecule has 0 radical (unpaired) electrons. The van der Waals surface area contributed by atoms with Crippen LogP contribution in [0.5, 0.6) is 0 Å². The molecule has 0 amide bonds. The summed E-state index contributed by atoms with van der Waals surface area (Å²) in [4.78, 5) is 0.183. The SMILES string of the molecule is Cc1ccc(S(=O)(=O)NCCc2c(C)nn(C)c2C)cc1Cl. The van der Waals surface area contributed by atoms with Crippen LogP contribution >= 0.6 is 11.6 Å². The molecule has 0 unspecified atom stereocenters. The highest BCUT2D eigenvalue weighted by Gasteiger charge is 2.16. The zero-order valence-electron chi connectivity index (χ0n) is 13.1. The van der Waals surface area contributed by atoms with E-state index in [1.165, 1.54) is 6.07 Å². The second kappa shape index (κ2) is 6.40. The Labute approximate surface area is 136 Å². The van der Waals surface area contributed by atoms with Crippen molar-refractivity contribution < 1.29 is 8.42 Å². The van der Waals surface area contributed by atoms with Crippen LogP contribution in [0.1, 0.15) is 22.5 Å². The Morgan fingerprint density at radius 1 is 1.27 bits per heavy atom. The Hall–Kier alpha value is -1.37. The molecule has 120 valence electrons. The molecule has 0 saturated heterocycles. The van der Waals surface area contributed by atoms with E-state index in [1.54, 1.807) is 16.8 Å². The van der Waals surface area contributed by atoms with Gasteiger partial charge in [-0.05, 0) is 50.5 Å². The van der Waals surface area contributed by atoms with E-state index in [9.17, 15) is 8.42 Å². The number of benzene rings is 1. The van der Waals surface area contributed by atoms with Crippen LogP contribution in [-0.2, 0) is 23.5 Å². The van der Waals surface area contributed by atoms with Crippen molar-refractivity contribution in [3.05, 3.63) is 45.7 Å². The molecule has 2 aromatic rings. The molecule has 22 heavy (non-hydrogen) atoms. The maximum Gasteiger partial charge on any atom is 0.240 e. The lowest BCUT2D eigenvalue weighted by atomic mass is 10.1. The Balaban J connectivity index is 2.08. The van der Waals surface area contributed by atoms with Crippen molar-refractivity contribution in [2.24, 2.45) is 7.05 Å². The molecule has 1 aromatic carbocycles. The minimum Gasteiger partial charge on any atom is -0.272 e. The second-order valence-electron chi connectivity index (χ2n) is 5.33. The molecule has 0 aliphatic rings. The first kappa shape index (κ1) is 17.0. The number of hydrogen-bond acceptors (Lipinski definition) is 3. The molecule has 0 spiro atoms. The summed E-state index contributed by atoms with van der Waals surface area (Å²) >= 11 is 5.99. The van der Waals surface area contributed by atoms with Gasteiger partial charge in [-0.2, -0.15) is 5.10 Å². The standard InChI is InChI=1S/C15H20ClN3O2S/c1-10-5-6-13(9-15(10)16)22(20,21)17-8-7-14-11(2)18-19(4)12(14)3/h5-6,9,17H,7-8H2,1-4H3. The van der Waals surface area contributed by atoms with Crippen LogP contribution in [0.25, 0.3) is 0 Å². The van der Waals surface area contributed by atoms with Gasteiger partial charge in [0.1, 0.15) is 0 Å². The first-order valence-corrected chi connectivity index (χ1v) is 8.83. The molecule has 7 heteroatoms. The van der Waals surface area contributed by atoms with E-state index in [1.807, 2.05) is 27.8 Å². The van der Waals surface area contributed by atoms with Gasteiger partial charge in [0.2, 0.25) is 10.0 Å². The third kappa shape index (κ3) is 3.51. The van der Waals surface area contributed by atoms with Gasteiger partial charge < -0.3 is 0 Å². The average molecular weight is 342 g/mol. The lowest BCUT2D eigenvalue weighted by Crippen LogP contribution is -2.26. The van der Waals surface area contributed by atoms with Crippen LogP contribution in [0, 0.1) is 20.8 Å². The van der Waals surface area contributed by atoms with E-state index >= 15 is 0 Å². The summed E-state index contributed by atoms with van der Waals surface area (Å²) < 4.78 is 29.0. The molecule has 1 N–H and O–H groups in total. The quantitative estimate of drug-likeness (QED) is 0.908. The van der Waals surface area contributed by atoms with Gasteiger partial charge in [0.25, 0.3) is 0 Å². The van der Waals surface area contributed by atoms with Crippen molar-refractivity contribution in [1.29, 1.82) is 0 Å². The van der Waals surface area contributed by atoms with Crippen molar-refractivity contribution in [1.82, 2.24) is 14.5 Å². The van der Waals surface area contributed by atoms with Crippen LogP contribution in [0.4, 0.5) is 0 Å². The summed E-state index contributed by atoms with van der Waals surface area (Å²) in [5.74, 6) is 0. The first-order valence-electron chi connectivity index (χ1n) is 6.97. The lowest BCUT2D eigenvalue weighted by molar-refractivity contribution is 0.581. The molecule has 0 fully saturated rings. The fourth-order valence-corrected chi connectivity index (χ4v) is 3.62. The lowest BCUT2D eigenvalue weighted by Gasteiger charge is -2.08.